The molecule has 2 heteroatoms. The monoisotopic (exact) mass is 283 g/mol. The van der Waals surface area contributed by atoms with Crippen LogP contribution in [0.3, 0.4) is 0 Å². The van der Waals surface area contributed by atoms with Crippen LogP contribution in [0.2, 0.25) is 0 Å². The molecule has 0 aliphatic heterocycles. The highest BCUT2D eigenvalue weighted by atomic mass is 16.5. The Morgan fingerprint density at radius 1 is 0.810 bits per heavy atom. The quantitative estimate of drug-likeness (QED) is 0.796. The van der Waals surface area contributed by atoms with Gasteiger partial charge in [0.2, 0.25) is 0 Å². The minimum absolute atomic E-state index is 0.500. The van der Waals surface area contributed by atoms with Crippen molar-refractivity contribution in [2.45, 2.75) is 46.2 Å². The summed E-state index contributed by atoms with van der Waals surface area (Å²) >= 11 is 0. The largest absolute Gasteiger partial charge is 0.457 e. The molecular formula is C19H25NO. The van der Waals surface area contributed by atoms with Gasteiger partial charge in [0.1, 0.15) is 11.5 Å². The maximum atomic E-state index is 5.87. The standard InChI is InChI=1S/C19H25NO/c1-14(2)17-7-11-19(12-8-17)21-18-9-5-16(6-10-18)13-20-15(3)4/h5-12,14-15,20H,13H2,1-4H3. The third kappa shape index (κ3) is 4.91. The van der Waals surface area contributed by atoms with E-state index in [9.17, 15) is 0 Å². The van der Waals surface area contributed by atoms with Crippen LogP contribution in [-0.2, 0) is 6.54 Å². The van der Waals surface area contributed by atoms with Crippen molar-refractivity contribution in [1.29, 1.82) is 0 Å². The van der Waals surface area contributed by atoms with Crippen molar-refractivity contribution in [2.24, 2.45) is 0 Å². The van der Waals surface area contributed by atoms with E-state index in [2.05, 4.69) is 57.3 Å². The topological polar surface area (TPSA) is 21.3 Å². The van der Waals surface area contributed by atoms with Crippen molar-refractivity contribution in [1.82, 2.24) is 5.32 Å². The van der Waals surface area contributed by atoms with E-state index < -0.39 is 0 Å². The molecule has 1 N–H and O–H groups in total. The zero-order valence-electron chi connectivity index (χ0n) is 13.4. The van der Waals surface area contributed by atoms with Gasteiger partial charge >= 0.3 is 0 Å². The van der Waals surface area contributed by atoms with Crippen molar-refractivity contribution in [3.8, 4) is 11.5 Å². The van der Waals surface area contributed by atoms with E-state index in [4.69, 9.17) is 4.74 Å². The average Bonchev–Trinajstić information content (AvgIpc) is 2.47. The fourth-order valence-electron chi connectivity index (χ4n) is 2.05. The van der Waals surface area contributed by atoms with Gasteiger partial charge in [-0.1, -0.05) is 52.0 Å². The third-order valence-electron chi connectivity index (χ3n) is 3.42. The van der Waals surface area contributed by atoms with E-state index in [1.54, 1.807) is 0 Å². The van der Waals surface area contributed by atoms with Crippen molar-refractivity contribution in [3.63, 3.8) is 0 Å². The Bertz CT molecular complexity index is 541. The Morgan fingerprint density at radius 3 is 1.81 bits per heavy atom. The van der Waals surface area contributed by atoms with E-state index >= 15 is 0 Å². The number of nitrogens with one attached hydrogen (secondary N) is 1. The normalized spacial score (nSPS) is 11.1. The summed E-state index contributed by atoms with van der Waals surface area (Å²) in [6.07, 6.45) is 0. The lowest BCUT2D eigenvalue weighted by atomic mass is 10.0. The summed E-state index contributed by atoms with van der Waals surface area (Å²) in [6.45, 7) is 9.58. The van der Waals surface area contributed by atoms with E-state index in [1.807, 2.05) is 24.3 Å². The van der Waals surface area contributed by atoms with Gasteiger partial charge in [0.15, 0.2) is 0 Å². The Labute approximate surface area is 128 Å². The van der Waals surface area contributed by atoms with E-state index in [0.717, 1.165) is 18.0 Å². The predicted molar refractivity (Wildman–Crippen MR) is 89.0 cm³/mol. The zero-order valence-corrected chi connectivity index (χ0v) is 13.4. The predicted octanol–water partition coefficient (Wildman–Crippen LogP) is 5.10. The van der Waals surface area contributed by atoms with Gasteiger partial charge in [0.05, 0.1) is 0 Å². The first kappa shape index (κ1) is 15.6. The number of benzene rings is 2. The molecular weight excluding hydrogens is 258 g/mol. The minimum atomic E-state index is 0.500. The molecule has 0 amide bonds. The second-order valence-electron chi connectivity index (χ2n) is 6.01. The van der Waals surface area contributed by atoms with Gasteiger partial charge in [-0.15, -0.1) is 0 Å². The number of ether oxygens (including phenoxy) is 1. The SMILES string of the molecule is CC(C)NCc1ccc(Oc2ccc(C(C)C)cc2)cc1. The summed E-state index contributed by atoms with van der Waals surface area (Å²) in [5.41, 5.74) is 2.60. The van der Waals surface area contributed by atoms with Gasteiger partial charge in [-0.25, -0.2) is 0 Å². The molecule has 0 fully saturated rings. The first-order valence-electron chi connectivity index (χ1n) is 7.64. The summed E-state index contributed by atoms with van der Waals surface area (Å²) in [5, 5.41) is 3.41. The molecule has 112 valence electrons. The number of rotatable bonds is 6. The van der Waals surface area contributed by atoms with Gasteiger partial charge in [-0.05, 0) is 41.3 Å². The molecule has 0 atom stereocenters. The summed E-state index contributed by atoms with van der Waals surface area (Å²) in [6, 6.07) is 17.1. The van der Waals surface area contributed by atoms with Gasteiger partial charge in [-0.3, -0.25) is 0 Å². The van der Waals surface area contributed by atoms with Crippen LogP contribution in [0.1, 0.15) is 44.7 Å². The van der Waals surface area contributed by atoms with Crippen LogP contribution in [0.15, 0.2) is 48.5 Å². The van der Waals surface area contributed by atoms with Crippen LogP contribution in [0.4, 0.5) is 0 Å². The Balaban J connectivity index is 1.96. The summed E-state index contributed by atoms with van der Waals surface area (Å²) in [4.78, 5) is 0. The maximum absolute atomic E-state index is 5.87. The Hall–Kier alpha value is -1.80. The van der Waals surface area contributed by atoms with Crippen LogP contribution < -0.4 is 10.1 Å². The highest BCUT2D eigenvalue weighted by Gasteiger charge is 2.01. The van der Waals surface area contributed by atoms with Crippen molar-refractivity contribution in [3.05, 3.63) is 59.7 Å². The Kier molecular flexibility index (Phi) is 5.40. The number of hydrogen-bond acceptors (Lipinski definition) is 2. The molecule has 0 saturated carbocycles. The molecule has 0 radical (unpaired) electrons. The minimum Gasteiger partial charge on any atom is -0.457 e. The molecule has 2 rings (SSSR count). The summed E-state index contributed by atoms with van der Waals surface area (Å²) in [5.74, 6) is 2.31. The second kappa shape index (κ2) is 7.28. The van der Waals surface area contributed by atoms with Crippen LogP contribution in [0.25, 0.3) is 0 Å². The molecule has 2 aromatic rings. The summed E-state index contributed by atoms with van der Waals surface area (Å²) in [7, 11) is 0. The molecule has 0 aromatic heterocycles. The molecule has 0 heterocycles. The zero-order chi connectivity index (χ0) is 15.2. The molecule has 0 saturated heterocycles. The lowest BCUT2D eigenvalue weighted by Crippen LogP contribution is -2.21. The van der Waals surface area contributed by atoms with Gasteiger partial charge in [0, 0.05) is 12.6 Å². The summed E-state index contributed by atoms with van der Waals surface area (Å²) < 4.78 is 5.87. The van der Waals surface area contributed by atoms with Crippen LogP contribution >= 0.6 is 0 Å². The first-order valence-corrected chi connectivity index (χ1v) is 7.64. The first-order chi connectivity index (χ1) is 10.0. The maximum Gasteiger partial charge on any atom is 0.127 e. The third-order valence-corrected chi connectivity index (χ3v) is 3.42. The molecule has 2 nitrogen and oxygen atoms in total. The van der Waals surface area contributed by atoms with Gasteiger partial charge < -0.3 is 10.1 Å². The molecule has 0 aliphatic carbocycles. The molecule has 0 aliphatic rings. The molecule has 2 aromatic carbocycles. The van der Waals surface area contributed by atoms with Gasteiger partial charge in [0.25, 0.3) is 0 Å². The van der Waals surface area contributed by atoms with Crippen LogP contribution in [-0.4, -0.2) is 6.04 Å². The van der Waals surface area contributed by atoms with E-state index in [1.165, 1.54) is 11.1 Å². The highest BCUT2D eigenvalue weighted by Crippen LogP contribution is 2.24. The average molecular weight is 283 g/mol. The van der Waals surface area contributed by atoms with Crippen molar-refractivity contribution < 1.29 is 4.74 Å². The van der Waals surface area contributed by atoms with E-state index in [-0.39, 0.29) is 0 Å². The molecule has 21 heavy (non-hydrogen) atoms. The molecule has 0 bridgehead atoms. The fourth-order valence-corrected chi connectivity index (χ4v) is 2.05. The number of hydrogen-bond donors (Lipinski definition) is 1. The van der Waals surface area contributed by atoms with Crippen LogP contribution in [0.5, 0.6) is 11.5 Å². The Morgan fingerprint density at radius 2 is 1.33 bits per heavy atom. The van der Waals surface area contributed by atoms with Crippen molar-refractivity contribution in [2.75, 3.05) is 0 Å². The lowest BCUT2D eigenvalue weighted by Gasteiger charge is -2.10. The van der Waals surface area contributed by atoms with Crippen molar-refractivity contribution >= 4 is 0 Å². The smallest absolute Gasteiger partial charge is 0.127 e. The molecule has 0 unspecified atom stereocenters. The molecule has 0 spiro atoms. The van der Waals surface area contributed by atoms with Gasteiger partial charge in [-0.2, -0.15) is 0 Å². The van der Waals surface area contributed by atoms with Crippen LogP contribution in [0, 0.1) is 0 Å². The van der Waals surface area contributed by atoms with E-state index in [0.29, 0.717) is 12.0 Å². The lowest BCUT2D eigenvalue weighted by molar-refractivity contribution is 0.482. The second-order valence-corrected chi connectivity index (χ2v) is 6.01. The highest BCUT2D eigenvalue weighted by molar-refractivity contribution is 5.35. The fraction of sp³-hybridized carbons (Fsp3) is 0.368.